The molecule has 2 aromatic rings. The van der Waals surface area contributed by atoms with Gasteiger partial charge in [-0.25, -0.2) is 9.37 Å². The van der Waals surface area contributed by atoms with Crippen LogP contribution in [0, 0.1) is 15.9 Å². The fourth-order valence-electron chi connectivity index (χ4n) is 3.07. The highest BCUT2D eigenvalue weighted by atomic mass is 32.1. The number of halogens is 1. The van der Waals surface area contributed by atoms with Crippen molar-refractivity contribution in [3.63, 3.8) is 0 Å². The van der Waals surface area contributed by atoms with E-state index in [1.807, 2.05) is 0 Å². The molecule has 0 atom stereocenters. The Hall–Kier alpha value is -2.35. The fraction of sp³-hybridized carbons (Fsp3) is 0.333. The van der Waals surface area contributed by atoms with Crippen molar-refractivity contribution in [2.24, 2.45) is 0 Å². The largest absolute Gasteiger partial charge is 0.345 e. The van der Waals surface area contributed by atoms with E-state index in [1.54, 1.807) is 18.2 Å². The van der Waals surface area contributed by atoms with Gasteiger partial charge in [0, 0.05) is 5.56 Å². The predicted octanol–water partition coefficient (Wildman–Crippen LogP) is 3.64. The van der Waals surface area contributed by atoms with Crippen LogP contribution in [0.15, 0.2) is 30.5 Å². The lowest BCUT2D eigenvalue weighted by molar-refractivity contribution is -0.380. The van der Waals surface area contributed by atoms with E-state index in [9.17, 15) is 19.3 Å². The van der Waals surface area contributed by atoms with Gasteiger partial charge in [-0.15, -0.1) is 0 Å². The van der Waals surface area contributed by atoms with Crippen molar-refractivity contribution < 1.29 is 14.1 Å². The van der Waals surface area contributed by atoms with E-state index in [0.29, 0.717) is 18.4 Å². The summed E-state index contributed by atoms with van der Waals surface area (Å²) in [6, 6.07) is 6.27. The minimum atomic E-state index is -0.939. The molecule has 0 saturated heterocycles. The van der Waals surface area contributed by atoms with Crippen LogP contribution in [0.25, 0.3) is 0 Å². The van der Waals surface area contributed by atoms with Crippen molar-refractivity contribution >= 4 is 27.4 Å². The van der Waals surface area contributed by atoms with Gasteiger partial charge in [-0.2, -0.15) is 0 Å². The normalized spacial score (nSPS) is 16.2. The number of anilines is 1. The van der Waals surface area contributed by atoms with Gasteiger partial charge >= 0.3 is 5.00 Å². The van der Waals surface area contributed by atoms with Crippen LogP contribution in [0.2, 0.25) is 0 Å². The van der Waals surface area contributed by atoms with Gasteiger partial charge in [0.2, 0.25) is 5.91 Å². The van der Waals surface area contributed by atoms with Crippen LogP contribution in [0.1, 0.15) is 31.2 Å². The van der Waals surface area contributed by atoms with E-state index >= 15 is 0 Å². The zero-order valence-corrected chi connectivity index (χ0v) is 12.9. The van der Waals surface area contributed by atoms with Crippen molar-refractivity contribution in [3.8, 4) is 0 Å². The molecule has 0 radical (unpaired) electrons. The summed E-state index contributed by atoms with van der Waals surface area (Å²) < 4.78 is 14.2. The molecule has 0 spiro atoms. The van der Waals surface area contributed by atoms with E-state index in [2.05, 4.69) is 10.3 Å². The third-order valence-corrected chi connectivity index (χ3v) is 5.04. The molecular weight excluding hydrogens is 321 g/mol. The number of carbonyl (C=O) groups is 1. The van der Waals surface area contributed by atoms with Crippen molar-refractivity contribution in [2.75, 3.05) is 5.32 Å². The Kier molecular flexibility index (Phi) is 4.08. The van der Waals surface area contributed by atoms with E-state index in [1.165, 1.54) is 6.07 Å². The number of rotatable bonds is 4. The maximum Gasteiger partial charge on any atom is 0.345 e. The standard InChI is InChI=1S/C15H14FN3O3S/c16-11-6-2-1-5-10(11)15(7-3-4-8-15)13(20)18-14-17-9-12(23-14)19(21)22/h1-2,5-6,9H,3-4,7-8H2,(H,17,18,20). The number of carbonyl (C=O) groups excluding carboxylic acids is 1. The summed E-state index contributed by atoms with van der Waals surface area (Å²) in [6.07, 6.45) is 3.87. The first-order valence-electron chi connectivity index (χ1n) is 7.20. The minimum absolute atomic E-state index is 0.147. The molecule has 1 amide bonds. The smallest absolute Gasteiger partial charge is 0.301 e. The Morgan fingerprint density at radius 1 is 1.35 bits per heavy atom. The molecule has 1 N–H and O–H groups in total. The van der Waals surface area contributed by atoms with Crippen LogP contribution in [-0.2, 0) is 10.2 Å². The van der Waals surface area contributed by atoms with Crippen LogP contribution in [0.4, 0.5) is 14.5 Å². The second kappa shape index (κ2) is 6.04. The Balaban J connectivity index is 1.90. The van der Waals surface area contributed by atoms with Crippen molar-refractivity contribution in [3.05, 3.63) is 52.0 Å². The monoisotopic (exact) mass is 335 g/mol. The Morgan fingerprint density at radius 2 is 2.04 bits per heavy atom. The maximum absolute atomic E-state index is 14.2. The molecule has 6 nitrogen and oxygen atoms in total. The average Bonchev–Trinajstić information content (AvgIpc) is 3.17. The zero-order valence-electron chi connectivity index (χ0n) is 12.1. The molecule has 1 aliphatic carbocycles. The molecule has 23 heavy (non-hydrogen) atoms. The summed E-state index contributed by atoms with van der Waals surface area (Å²) in [5, 5.41) is 13.3. The van der Waals surface area contributed by atoms with Gasteiger partial charge in [0.05, 0.1) is 10.3 Å². The molecule has 1 aliphatic rings. The predicted molar refractivity (Wildman–Crippen MR) is 83.9 cm³/mol. The summed E-state index contributed by atoms with van der Waals surface area (Å²) in [5.74, 6) is -0.765. The minimum Gasteiger partial charge on any atom is -0.301 e. The number of hydrogen-bond donors (Lipinski definition) is 1. The highest BCUT2D eigenvalue weighted by Gasteiger charge is 2.44. The van der Waals surface area contributed by atoms with Crippen LogP contribution >= 0.6 is 11.3 Å². The third-order valence-electron chi connectivity index (χ3n) is 4.18. The highest BCUT2D eigenvalue weighted by molar-refractivity contribution is 7.18. The molecule has 1 aromatic carbocycles. The zero-order chi connectivity index (χ0) is 16.4. The van der Waals surface area contributed by atoms with E-state index < -0.39 is 16.2 Å². The first-order chi connectivity index (χ1) is 11.0. The number of benzene rings is 1. The number of hydrogen-bond acceptors (Lipinski definition) is 5. The lowest BCUT2D eigenvalue weighted by atomic mass is 9.77. The lowest BCUT2D eigenvalue weighted by Crippen LogP contribution is -2.38. The van der Waals surface area contributed by atoms with Crippen molar-refractivity contribution in [1.82, 2.24) is 4.98 Å². The Bertz CT molecular complexity index is 756. The Labute approximate surface area is 135 Å². The summed E-state index contributed by atoms with van der Waals surface area (Å²) in [6.45, 7) is 0. The molecular formula is C15H14FN3O3S. The van der Waals surface area contributed by atoms with Gasteiger partial charge in [0.15, 0.2) is 5.13 Å². The van der Waals surface area contributed by atoms with Crippen LogP contribution in [-0.4, -0.2) is 15.8 Å². The Morgan fingerprint density at radius 3 is 2.65 bits per heavy atom. The number of nitrogens with zero attached hydrogens (tertiary/aromatic N) is 2. The van der Waals surface area contributed by atoms with E-state index in [4.69, 9.17) is 0 Å². The number of amides is 1. The summed E-state index contributed by atoms with van der Waals surface area (Å²) >= 11 is 0.790. The summed E-state index contributed by atoms with van der Waals surface area (Å²) in [4.78, 5) is 26.8. The van der Waals surface area contributed by atoms with Gasteiger partial charge < -0.3 is 5.32 Å². The van der Waals surface area contributed by atoms with Crippen LogP contribution in [0.3, 0.4) is 0 Å². The topological polar surface area (TPSA) is 85.1 Å². The molecule has 120 valence electrons. The third kappa shape index (κ3) is 2.81. The highest BCUT2D eigenvalue weighted by Crippen LogP contribution is 2.43. The first kappa shape index (κ1) is 15.5. The molecule has 1 fully saturated rings. The first-order valence-corrected chi connectivity index (χ1v) is 8.01. The number of aromatic nitrogens is 1. The van der Waals surface area contributed by atoms with Gasteiger partial charge in [-0.3, -0.25) is 14.9 Å². The van der Waals surface area contributed by atoms with Crippen molar-refractivity contribution in [1.29, 1.82) is 0 Å². The van der Waals surface area contributed by atoms with Crippen LogP contribution in [0.5, 0.6) is 0 Å². The number of nitrogens with one attached hydrogen (secondary N) is 1. The number of nitro groups is 1. The molecule has 0 bridgehead atoms. The van der Waals surface area contributed by atoms with Crippen LogP contribution < -0.4 is 5.32 Å². The fourth-order valence-corrected chi connectivity index (χ4v) is 3.70. The molecule has 0 aliphatic heterocycles. The molecule has 1 aromatic heterocycles. The van der Waals surface area contributed by atoms with Gasteiger partial charge in [-0.1, -0.05) is 31.0 Å². The molecule has 1 heterocycles. The van der Waals surface area contributed by atoms with Gasteiger partial charge in [0.25, 0.3) is 0 Å². The second-order valence-electron chi connectivity index (χ2n) is 5.48. The summed E-state index contributed by atoms with van der Waals surface area (Å²) in [5.41, 5.74) is -0.563. The maximum atomic E-state index is 14.2. The second-order valence-corrected chi connectivity index (χ2v) is 6.49. The quantitative estimate of drug-likeness (QED) is 0.683. The van der Waals surface area contributed by atoms with Gasteiger partial charge in [0.1, 0.15) is 12.0 Å². The molecule has 3 rings (SSSR count). The van der Waals surface area contributed by atoms with E-state index in [0.717, 1.165) is 30.4 Å². The average molecular weight is 335 g/mol. The van der Waals surface area contributed by atoms with Gasteiger partial charge in [-0.05, 0) is 30.2 Å². The van der Waals surface area contributed by atoms with Crippen molar-refractivity contribution in [2.45, 2.75) is 31.1 Å². The summed E-state index contributed by atoms with van der Waals surface area (Å²) in [7, 11) is 0. The molecule has 8 heteroatoms. The lowest BCUT2D eigenvalue weighted by Gasteiger charge is -2.28. The SMILES string of the molecule is O=C(Nc1ncc([N+](=O)[O-])s1)C1(c2ccccc2F)CCCC1. The number of thiazole rings is 1. The molecule has 0 unspecified atom stereocenters. The molecule has 1 saturated carbocycles. The van der Waals surface area contributed by atoms with E-state index in [-0.39, 0.29) is 16.0 Å².